The van der Waals surface area contributed by atoms with Crippen molar-refractivity contribution in [3.05, 3.63) is 29.8 Å². The number of benzene rings is 1. The predicted octanol–water partition coefficient (Wildman–Crippen LogP) is 1.81. The van der Waals surface area contributed by atoms with Gasteiger partial charge in [-0.3, -0.25) is 0 Å². The molecule has 0 aliphatic heterocycles. The summed E-state index contributed by atoms with van der Waals surface area (Å²) in [6.45, 7) is 2.67. The first kappa shape index (κ1) is 17.0. The van der Waals surface area contributed by atoms with Gasteiger partial charge in [-0.15, -0.1) is 12.6 Å². The topological polar surface area (TPSA) is 54.0 Å². The van der Waals surface area contributed by atoms with Crippen LogP contribution >= 0.6 is 12.6 Å². The van der Waals surface area contributed by atoms with Crippen LogP contribution in [0.4, 0.5) is 0 Å². The van der Waals surface area contributed by atoms with Gasteiger partial charge in [0.2, 0.25) is 0 Å². The second-order valence-electron chi connectivity index (χ2n) is 3.90. The summed E-state index contributed by atoms with van der Waals surface area (Å²) in [5.41, 5.74) is 0.505. The lowest BCUT2D eigenvalue weighted by molar-refractivity contribution is 0.00570. The number of carbonyl (C=O) groups excluding carboxylic acids is 1. The van der Waals surface area contributed by atoms with Gasteiger partial charge in [0.15, 0.2) is 0 Å². The molecular weight excluding hydrogens is 280 g/mol. The molecule has 0 N–H and O–H groups in total. The third-order valence-electron chi connectivity index (χ3n) is 2.37. The van der Waals surface area contributed by atoms with Crippen molar-refractivity contribution < 1.29 is 23.7 Å². The fraction of sp³-hybridized carbons (Fsp3) is 0.500. The molecule has 20 heavy (non-hydrogen) atoms. The molecule has 1 aromatic rings. The first-order chi connectivity index (χ1) is 9.74. The highest BCUT2D eigenvalue weighted by molar-refractivity contribution is 7.80. The Kier molecular flexibility index (Phi) is 9.06. The number of hydrogen-bond donors (Lipinski definition) is 1. The van der Waals surface area contributed by atoms with E-state index >= 15 is 0 Å². The number of methoxy groups -OCH3 is 1. The second kappa shape index (κ2) is 10.7. The molecule has 0 radical (unpaired) electrons. The Labute approximate surface area is 124 Å². The summed E-state index contributed by atoms with van der Waals surface area (Å²) in [5.74, 6) is -0.363. The Morgan fingerprint density at radius 3 is 2.10 bits per heavy atom. The molecule has 0 heterocycles. The van der Waals surface area contributed by atoms with Crippen LogP contribution in [-0.2, 0) is 18.9 Å². The predicted molar refractivity (Wildman–Crippen MR) is 77.5 cm³/mol. The number of rotatable bonds is 10. The maximum Gasteiger partial charge on any atom is 0.338 e. The van der Waals surface area contributed by atoms with Crippen LogP contribution in [0.1, 0.15) is 10.4 Å². The average molecular weight is 300 g/mol. The van der Waals surface area contributed by atoms with E-state index in [1.807, 2.05) is 0 Å². The van der Waals surface area contributed by atoms with Crippen LogP contribution < -0.4 is 0 Å². The van der Waals surface area contributed by atoms with Gasteiger partial charge in [-0.1, -0.05) is 0 Å². The van der Waals surface area contributed by atoms with E-state index in [4.69, 9.17) is 18.9 Å². The summed E-state index contributed by atoms with van der Waals surface area (Å²) in [6, 6.07) is 6.84. The van der Waals surface area contributed by atoms with Crippen molar-refractivity contribution in [3.8, 4) is 0 Å². The van der Waals surface area contributed by atoms with Gasteiger partial charge in [0.25, 0.3) is 0 Å². The lowest BCUT2D eigenvalue weighted by Gasteiger charge is -2.07. The van der Waals surface area contributed by atoms with Crippen LogP contribution in [-0.4, -0.2) is 52.7 Å². The monoisotopic (exact) mass is 300 g/mol. The molecule has 1 rings (SSSR count). The second-order valence-corrected chi connectivity index (χ2v) is 4.42. The van der Waals surface area contributed by atoms with Crippen LogP contribution in [0.15, 0.2) is 29.2 Å². The quantitative estimate of drug-likeness (QED) is 0.406. The number of hydrogen-bond acceptors (Lipinski definition) is 6. The largest absolute Gasteiger partial charge is 0.460 e. The van der Waals surface area contributed by atoms with Gasteiger partial charge >= 0.3 is 5.97 Å². The number of thiol groups is 1. The Bertz CT molecular complexity index is 380. The zero-order valence-corrected chi connectivity index (χ0v) is 12.4. The molecule has 0 unspecified atom stereocenters. The summed E-state index contributed by atoms with van der Waals surface area (Å²) in [4.78, 5) is 12.4. The average Bonchev–Trinajstić information content (AvgIpc) is 2.46. The Morgan fingerprint density at radius 1 is 0.950 bits per heavy atom. The standard InChI is InChI=1S/C14H20O5S/c1-16-6-7-17-8-9-18-10-11-19-14(15)12-2-4-13(20)5-3-12/h2-5,20H,6-11H2,1H3. The van der Waals surface area contributed by atoms with E-state index in [1.54, 1.807) is 31.4 Å². The van der Waals surface area contributed by atoms with Crippen molar-refractivity contribution >= 4 is 18.6 Å². The van der Waals surface area contributed by atoms with Gasteiger partial charge in [0, 0.05) is 12.0 Å². The van der Waals surface area contributed by atoms with Crippen LogP contribution in [0.25, 0.3) is 0 Å². The summed E-state index contributed by atoms with van der Waals surface area (Å²) in [5, 5.41) is 0. The smallest absolute Gasteiger partial charge is 0.338 e. The number of ether oxygens (including phenoxy) is 4. The highest BCUT2D eigenvalue weighted by Gasteiger charge is 2.05. The lowest BCUT2D eigenvalue weighted by atomic mass is 10.2. The fourth-order valence-electron chi connectivity index (χ4n) is 1.34. The molecule has 6 heteroatoms. The van der Waals surface area contributed by atoms with Gasteiger partial charge in [-0.2, -0.15) is 0 Å². The van der Waals surface area contributed by atoms with Crippen LogP contribution in [0, 0.1) is 0 Å². The highest BCUT2D eigenvalue weighted by Crippen LogP contribution is 2.08. The molecule has 0 fully saturated rings. The van der Waals surface area contributed by atoms with E-state index < -0.39 is 0 Å². The van der Waals surface area contributed by atoms with Gasteiger partial charge < -0.3 is 18.9 Å². The molecule has 0 atom stereocenters. The van der Waals surface area contributed by atoms with Crippen molar-refractivity contribution in [2.24, 2.45) is 0 Å². The van der Waals surface area contributed by atoms with Crippen molar-refractivity contribution in [2.45, 2.75) is 4.90 Å². The third-order valence-corrected chi connectivity index (χ3v) is 2.67. The molecule has 5 nitrogen and oxygen atoms in total. The van der Waals surface area contributed by atoms with Gasteiger partial charge in [-0.25, -0.2) is 4.79 Å². The lowest BCUT2D eigenvalue weighted by Crippen LogP contribution is -2.13. The first-order valence-electron chi connectivity index (χ1n) is 6.34. The molecule has 112 valence electrons. The Balaban J connectivity index is 2.01. The van der Waals surface area contributed by atoms with E-state index in [-0.39, 0.29) is 12.6 Å². The minimum absolute atomic E-state index is 0.222. The van der Waals surface area contributed by atoms with Crippen molar-refractivity contribution in [2.75, 3.05) is 46.8 Å². The van der Waals surface area contributed by atoms with Crippen molar-refractivity contribution in [1.82, 2.24) is 0 Å². The van der Waals surface area contributed by atoms with E-state index in [0.29, 0.717) is 38.6 Å². The van der Waals surface area contributed by atoms with Crippen LogP contribution in [0.3, 0.4) is 0 Å². The van der Waals surface area contributed by atoms with Gasteiger partial charge in [-0.05, 0) is 24.3 Å². The molecular formula is C14H20O5S. The van der Waals surface area contributed by atoms with Gasteiger partial charge in [0.05, 0.1) is 38.6 Å². The summed E-state index contributed by atoms with van der Waals surface area (Å²) in [7, 11) is 1.62. The van der Waals surface area contributed by atoms with E-state index in [0.717, 1.165) is 4.90 Å². The summed E-state index contributed by atoms with van der Waals surface area (Å²) < 4.78 is 20.4. The molecule has 0 saturated carbocycles. The third kappa shape index (κ3) is 7.49. The maximum absolute atomic E-state index is 11.6. The minimum Gasteiger partial charge on any atom is -0.460 e. The molecule has 0 saturated heterocycles. The summed E-state index contributed by atoms with van der Waals surface area (Å²) in [6.07, 6.45) is 0. The van der Waals surface area contributed by atoms with Crippen molar-refractivity contribution in [3.63, 3.8) is 0 Å². The Hall–Kier alpha value is -1.08. The minimum atomic E-state index is -0.363. The zero-order valence-electron chi connectivity index (χ0n) is 11.5. The molecule has 0 bridgehead atoms. The van der Waals surface area contributed by atoms with E-state index in [9.17, 15) is 4.79 Å². The van der Waals surface area contributed by atoms with Crippen molar-refractivity contribution in [1.29, 1.82) is 0 Å². The molecule has 0 aliphatic rings. The molecule has 0 spiro atoms. The van der Waals surface area contributed by atoms with E-state index in [2.05, 4.69) is 12.6 Å². The molecule has 0 amide bonds. The van der Waals surface area contributed by atoms with Crippen LogP contribution in [0.5, 0.6) is 0 Å². The zero-order chi connectivity index (χ0) is 14.6. The normalized spacial score (nSPS) is 10.5. The molecule has 1 aromatic carbocycles. The highest BCUT2D eigenvalue weighted by atomic mass is 32.1. The summed E-state index contributed by atoms with van der Waals surface area (Å²) >= 11 is 4.15. The SMILES string of the molecule is COCCOCCOCCOC(=O)c1ccc(S)cc1. The van der Waals surface area contributed by atoms with Crippen LogP contribution in [0.2, 0.25) is 0 Å². The molecule has 0 aliphatic carbocycles. The van der Waals surface area contributed by atoms with Gasteiger partial charge in [0.1, 0.15) is 6.61 Å². The Morgan fingerprint density at radius 2 is 1.50 bits per heavy atom. The number of carbonyl (C=O) groups is 1. The maximum atomic E-state index is 11.6. The number of esters is 1. The first-order valence-corrected chi connectivity index (χ1v) is 6.79. The van der Waals surface area contributed by atoms with E-state index in [1.165, 1.54) is 0 Å². The molecule has 0 aromatic heterocycles. The fourth-order valence-corrected chi connectivity index (χ4v) is 1.49.